The van der Waals surface area contributed by atoms with Crippen molar-refractivity contribution in [2.45, 2.75) is 25.2 Å². The summed E-state index contributed by atoms with van der Waals surface area (Å²) in [6.07, 6.45) is 2.32. The Labute approximate surface area is 169 Å². The number of fused-ring (bicyclic) bond motifs is 1. The van der Waals surface area contributed by atoms with E-state index in [2.05, 4.69) is 32.3 Å². The van der Waals surface area contributed by atoms with Gasteiger partial charge in [-0.15, -0.1) is 10.2 Å². The molecule has 2 aliphatic rings. The smallest absolute Gasteiger partial charge is 0.256 e. The molecule has 29 heavy (non-hydrogen) atoms. The maximum absolute atomic E-state index is 13.5. The van der Waals surface area contributed by atoms with Crippen LogP contribution in [0.5, 0.6) is 0 Å². The van der Waals surface area contributed by atoms with Crippen molar-refractivity contribution in [2.24, 2.45) is 0 Å². The van der Waals surface area contributed by atoms with Gasteiger partial charge in [-0.2, -0.15) is 4.31 Å². The highest BCUT2D eigenvalue weighted by molar-refractivity contribution is 7.89. The first-order valence-electron chi connectivity index (χ1n) is 9.68. The summed E-state index contributed by atoms with van der Waals surface area (Å²) in [5, 5.41) is 10.6. The van der Waals surface area contributed by atoms with E-state index in [1.54, 1.807) is 31.2 Å². The number of aromatic nitrogens is 3. The normalized spacial score (nSPS) is 19.9. The predicted octanol–water partition coefficient (Wildman–Crippen LogP) is 1.32. The number of H-pyrrole nitrogens is 1. The van der Waals surface area contributed by atoms with E-state index in [1.165, 1.54) is 4.31 Å². The van der Waals surface area contributed by atoms with Crippen LogP contribution in [0.3, 0.4) is 0 Å². The van der Waals surface area contributed by atoms with Crippen molar-refractivity contribution in [1.29, 1.82) is 0 Å². The second kappa shape index (κ2) is 7.69. The summed E-state index contributed by atoms with van der Waals surface area (Å²) < 4.78 is 28.5. The molecule has 2 N–H and O–H groups in total. The Bertz CT molecular complexity index is 1080. The van der Waals surface area contributed by atoms with Gasteiger partial charge in [0.25, 0.3) is 5.91 Å². The SMILES string of the molecule is CCN1CCCN(S(=O)(=O)c2cccc3c2/C(=C/c2nnc(C)[nH]2)C(=O)N3)CC1. The van der Waals surface area contributed by atoms with Crippen LogP contribution in [0.15, 0.2) is 23.1 Å². The Morgan fingerprint density at radius 3 is 2.72 bits per heavy atom. The van der Waals surface area contributed by atoms with Gasteiger partial charge < -0.3 is 15.2 Å². The van der Waals surface area contributed by atoms with E-state index in [-0.39, 0.29) is 16.4 Å². The molecule has 0 aliphatic carbocycles. The van der Waals surface area contributed by atoms with Crippen molar-refractivity contribution < 1.29 is 13.2 Å². The summed E-state index contributed by atoms with van der Waals surface area (Å²) in [5.41, 5.74) is 1.15. The van der Waals surface area contributed by atoms with Gasteiger partial charge in [-0.05, 0) is 44.6 Å². The highest BCUT2D eigenvalue weighted by Gasteiger charge is 2.35. The fourth-order valence-corrected chi connectivity index (χ4v) is 5.48. The minimum Gasteiger partial charge on any atom is -0.326 e. The molecule has 1 saturated heterocycles. The number of nitrogens with one attached hydrogen (secondary N) is 2. The summed E-state index contributed by atoms with van der Waals surface area (Å²) in [7, 11) is -3.76. The average molecular weight is 417 g/mol. The number of anilines is 1. The fourth-order valence-electron chi connectivity index (χ4n) is 3.78. The molecule has 0 unspecified atom stereocenters. The molecular weight excluding hydrogens is 392 g/mol. The van der Waals surface area contributed by atoms with Gasteiger partial charge in [-0.25, -0.2) is 8.42 Å². The number of nitrogens with zero attached hydrogens (tertiary/aromatic N) is 4. The van der Waals surface area contributed by atoms with E-state index in [4.69, 9.17) is 0 Å². The number of rotatable bonds is 4. The number of hydrogen-bond donors (Lipinski definition) is 2. The predicted molar refractivity (Wildman–Crippen MR) is 110 cm³/mol. The van der Waals surface area contributed by atoms with Crippen LogP contribution in [0, 0.1) is 6.92 Å². The van der Waals surface area contributed by atoms with Crippen molar-refractivity contribution in [1.82, 2.24) is 24.4 Å². The van der Waals surface area contributed by atoms with Crippen molar-refractivity contribution in [3.05, 3.63) is 35.4 Å². The molecule has 3 heterocycles. The lowest BCUT2D eigenvalue weighted by Gasteiger charge is -2.22. The number of aromatic amines is 1. The Balaban J connectivity index is 1.76. The summed E-state index contributed by atoms with van der Waals surface area (Å²) in [4.78, 5) is 17.9. The monoisotopic (exact) mass is 416 g/mol. The lowest BCUT2D eigenvalue weighted by Crippen LogP contribution is -2.35. The molecule has 0 bridgehead atoms. The van der Waals surface area contributed by atoms with Gasteiger partial charge in [0.2, 0.25) is 10.0 Å². The van der Waals surface area contributed by atoms with E-state index in [9.17, 15) is 13.2 Å². The van der Waals surface area contributed by atoms with Crippen LogP contribution in [0.25, 0.3) is 11.6 Å². The van der Waals surface area contributed by atoms with Crippen molar-refractivity contribution >= 4 is 33.3 Å². The van der Waals surface area contributed by atoms with Gasteiger partial charge in [0, 0.05) is 25.2 Å². The van der Waals surface area contributed by atoms with E-state index < -0.39 is 10.0 Å². The van der Waals surface area contributed by atoms with Gasteiger partial charge >= 0.3 is 0 Å². The second-order valence-electron chi connectivity index (χ2n) is 7.18. The number of sulfonamides is 1. The zero-order chi connectivity index (χ0) is 20.6. The Morgan fingerprint density at radius 2 is 2.00 bits per heavy atom. The molecule has 10 heteroatoms. The molecule has 0 atom stereocenters. The molecule has 0 spiro atoms. The number of hydrogen-bond acceptors (Lipinski definition) is 6. The molecule has 1 aromatic heterocycles. The maximum Gasteiger partial charge on any atom is 0.256 e. The third-order valence-corrected chi connectivity index (χ3v) is 7.24. The fraction of sp³-hybridized carbons (Fsp3) is 0.421. The zero-order valence-corrected chi connectivity index (χ0v) is 17.3. The van der Waals surface area contributed by atoms with Crippen LogP contribution in [-0.4, -0.2) is 71.4 Å². The summed E-state index contributed by atoms with van der Waals surface area (Å²) in [6, 6.07) is 4.93. The van der Waals surface area contributed by atoms with E-state index in [0.717, 1.165) is 19.5 Å². The molecular formula is C19H24N6O3S. The molecule has 0 radical (unpaired) electrons. The highest BCUT2D eigenvalue weighted by Crippen LogP contribution is 2.38. The van der Waals surface area contributed by atoms with E-state index in [1.807, 2.05) is 0 Å². The summed E-state index contributed by atoms with van der Waals surface area (Å²) in [5.74, 6) is 0.659. The quantitative estimate of drug-likeness (QED) is 0.727. The third kappa shape index (κ3) is 3.70. The Morgan fingerprint density at radius 1 is 1.17 bits per heavy atom. The van der Waals surface area contributed by atoms with Gasteiger partial charge in [-0.1, -0.05) is 13.0 Å². The van der Waals surface area contributed by atoms with Crippen LogP contribution in [0.2, 0.25) is 0 Å². The van der Waals surface area contributed by atoms with E-state index >= 15 is 0 Å². The first-order valence-corrected chi connectivity index (χ1v) is 11.1. The molecule has 9 nitrogen and oxygen atoms in total. The number of amides is 1. The zero-order valence-electron chi connectivity index (χ0n) is 16.5. The van der Waals surface area contributed by atoms with Crippen molar-refractivity contribution in [2.75, 3.05) is 38.0 Å². The number of aryl methyl sites for hydroxylation is 1. The van der Waals surface area contributed by atoms with Crippen LogP contribution in [-0.2, 0) is 14.8 Å². The Hall–Kier alpha value is -2.56. The third-order valence-electron chi connectivity index (χ3n) is 5.30. The summed E-state index contributed by atoms with van der Waals surface area (Å²) >= 11 is 0. The molecule has 1 aromatic carbocycles. The second-order valence-corrected chi connectivity index (χ2v) is 9.08. The standard InChI is InChI=1S/C19H24N6O3S/c1-3-24-8-5-9-25(11-10-24)29(27,28)16-7-4-6-15-18(16)14(19(26)21-15)12-17-20-13(2)22-23-17/h4,6-7,12H,3,5,8-11H2,1-2H3,(H,21,26)(H,20,22,23)/b14-12-. The minimum absolute atomic E-state index is 0.140. The number of carbonyl (C=O) groups is 1. The van der Waals surface area contributed by atoms with Crippen LogP contribution < -0.4 is 5.32 Å². The van der Waals surface area contributed by atoms with Crippen LogP contribution >= 0.6 is 0 Å². The largest absolute Gasteiger partial charge is 0.326 e. The molecule has 2 aromatic rings. The molecule has 0 saturated carbocycles. The topological polar surface area (TPSA) is 111 Å². The average Bonchev–Trinajstić information content (AvgIpc) is 3.13. The lowest BCUT2D eigenvalue weighted by molar-refractivity contribution is -0.110. The van der Waals surface area contributed by atoms with Gasteiger partial charge in [0.15, 0.2) is 5.82 Å². The van der Waals surface area contributed by atoms with Gasteiger partial charge in [0.1, 0.15) is 5.82 Å². The van der Waals surface area contributed by atoms with Crippen LogP contribution in [0.1, 0.15) is 30.6 Å². The van der Waals surface area contributed by atoms with Crippen molar-refractivity contribution in [3.8, 4) is 0 Å². The first-order chi connectivity index (χ1) is 13.9. The minimum atomic E-state index is -3.76. The number of benzene rings is 1. The van der Waals surface area contributed by atoms with Gasteiger partial charge in [-0.3, -0.25) is 4.79 Å². The molecule has 4 rings (SSSR count). The Kier molecular flexibility index (Phi) is 5.24. The lowest BCUT2D eigenvalue weighted by atomic mass is 10.1. The number of carbonyl (C=O) groups excluding carboxylic acids is 1. The first kappa shape index (κ1) is 19.7. The van der Waals surface area contributed by atoms with E-state index in [0.29, 0.717) is 42.5 Å². The molecule has 1 fully saturated rings. The molecule has 154 valence electrons. The van der Waals surface area contributed by atoms with Gasteiger partial charge in [0.05, 0.1) is 16.2 Å². The highest BCUT2D eigenvalue weighted by atomic mass is 32.2. The van der Waals surface area contributed by atoms with Crippen molar-refractivity contribution in [3.63, 3.8) is 0 Å². The molecule has 1 amide bonds. The van der Waals surface area contributed by atoms with Crippen LogP contribution in [0.4, 0.5) is 5.69 Å². The summed E-state index contributed by atoms with van der Waals surface area (Å²) in [6.45, 7) is 7.20. The maximum atomic E-state index is 13.5. The number of likely N-dealkylation sites (N-methyl/N-ethyl adjacent to an activating group) is 1. The molecule has 2 aliphatic heterocycles.